The predicted molar refractivity (Wildman–Crippen MR) is 87.7 cm³/mol. The van der Waals surface area contributed by atoms with E-state index in [1.54, 1.807) is 0 Å². The molecule has 1 heterocycles. The average molecular weight is 304 g/mol. The number of para-hydroxylation sites is 1. The van der Waals surface area contributed by atoms with Crippen molar-refractivity contribution in [1.29, 1.82) is 0 Å². The Balaban J connectivity index is 2.28. The van der Waals surface area contributed by atoms with Crippen LogP contribution in [0, 0.1) is 5.92 Å². The first-order valence-electron chi connectivity index (χ1n) is 7.46. The first-order valence-corrected chi connectivity index (χ1v) is 10.9. The number of carbonyl (C=O) groups excluding carboxylic acids is 1. The van der Waals surface area contributed by atoms with Crippen LogP contribution in [0.25, 0.3) is 5.76 Å². The molecule has 0 N–H and O–H groups in total. The molecule has 0 aliphatic carbocycles. The number of benzene rings is 1. The third kappa shape index (κ3) is 4.21. The first-order chi connectivity index (χ1) is 9.76. The number of ketones is 1. The van der Waals surface area contributed by atoms with Gasteiger partial charge in [0.25, 0.3) is 0 Å². The summed E-state index contributed by atoms with van der Waals surface area (Å²) in [4.78, 5) is 12.0. The van der Waals surface area contributed by atoms with Crippen LogP contribution in [0.15, 0.2) is 30.3 Å². The lowest BCUT2D eigenvalue weighted by Gasteiger charge is -2.29. The Morgan fingerprint density at radius 2 is 1.95 bits per heavy atom. The highest BCUT2D eigenvalue weighted by atomic mass is 28.4. The SMILES string of the molecule is CC(C)C(=O)CC1C=C(O[Si](C)(C)C)c2ccccc2O1. The molecule has 0 radical (unpaired) electrons. The van der Waals surface area contributed by atoms with E-state index >= 15 is 0 Å². The molecular formula is C17H24O3Si. The molecule has 0 fully saturated rings. The molecule has 0 spiro atoms. The van der Waals surface area contributed by atoms with Crippen molar-refractivity contribution < 1.29 is 14.0 Å². The van der Waals surface area contributed by atoms with Crippen molar-refractivity contribution in [3.8, 4) is 5.75 Å². The molecular weight excluding hydrogens is 280 g/mol. The average Bonchev–Trinajstić information content (AvgIpc) is 2.36. The molecule has 1 unspecified atom stereocenters. The van der Waals surface area contributed by atoms with E-state index < -0.39 is 8.32 Å². The summed E-state index contributed by atoms with van der Waals surface area (Å²) in [5.74, 6) is 1.90. The minimum atomic E-state index is -1.71. The van der Waals surface area contributed by atoms with Gasteiger partial charge in [0.2, 0.25) is 8.32 Å². The Morgan fingerprint density at radius 3 is 2.57 bits per heavy atom. The van der Waals surface area contributed by atoms with Crippen LogP contribution in [-0.2, 0) is 9.22 Å². The van der Waals surface area contributed by atoms with E-state index in [0.29, 0.717) is 6.42 Å². The summed E-state index contributed by atoms with van der Waals surface area (Å²) in [6.07, 6.45) is 2.12. The Hall–Kier alpha value is -1.55. The number of carbonyl (C=O) groups is 1. The van der Waals surface area contributed by atoms with Crippen molar-refractivity contribution in [3.05, 3.63) is 35.9 Å². The molecule has 1 aliphatic heterocycles. The highest BCUT2D eigenvalue weighted by Gasteiger charge is 2.27. The van der Waals surface area contributed by atoms with E-state index in [1.807, 2.05) is 44.2 Å². The number of fused-ring (bicyclic) bond motifs is 1. The Bertz CT molecular complexity index is 555. The highest BCUT2D eigenvalue weighted by molar-refractivity contribution is 6.70. The van der Waals surface area contributed by atoms with Crippen molar-refractivity contribution in [3.63, 3.8) is 0 Å². The fourth-order valence-electron chi connectivity index (χ4n) is 2.18. The molecule has 114 valence electrons. The zero-order valence-corrected chi connectivity index (χ0v) is 14.5. The van der Waals surface area contributed by atoms with Crippen LogP contribution in [0.3, 0.4) is 0 Å². The van der Waals surface area contributed by atoms with Crippen molar-refractivity contribution in [2.75, 3.05) is 0 Å². The monoisotopic (exact) mass is 304 g/mol. The van der Waals surface area contributed by atoms with Gasteiger partial charge in [-0.2, -0.15) is 0 Å². The maximum Gasteiger partial charge on any atom is 0.242 e. The Labute approximate surface area is 128 Å². The fraction of sp³-hybridized carbons (Fsp3) is 0.471. The van der Waals surface area contributed by atoms with Gasteiger partial charge in [-0.15, -0.1) is 0 Å². The molecule has 1 atom stereocenters. The summed E-state index contributed by atoms with van der Waals surface area (Å²) >= 11 is 0. The maximum atomic E-state index is 12.0. The van der Waals surface area contributed by atoms with Crippen LogP contribution in [-0.4, -0.2) is 20.2 Å². The number of hydrogen-bond donors (Lipinski definition) is 0. The zero-order valence-electron chi connectivity index (χ0n) is 13.5. The van der Waals surface area contributed by atoms with Gasteiger partial charge in [-0.05, 0) is 37.8 Å². The van der Waals surface area contributed by atoms with Gasteiger partial charge in [-0.25, -0.2) is 0 Å². The quantitative estimate of drug-likeness (QED) is 0.763. The smallest absolute Gasteiger partial charge is 0.242 e. The molecule has 0 saturated heterocycles. The molecule has 21 heavy (non-hydrogen) atoms. The van der Waals surface area contributed by atoms with Crippen LogP contribution in [0.4, 0.5) is 0 Å². The minimum absolute atomic E-state index is 0.0283. The van der Waals surface area contributed by atoms with Gasteiger partial charge in [-0.3, -0.25) is 4.79 Å². The summed E-state index contributed by atoms with van der Waals surface area (Å²) in [6.45, 7) is 10.3. The third-order valence-corrected chi connectivity index (χ3v) is 4.06. The number of rotatable bonds is 5. The second-order valence-corrected chi connectivity index (χ2v) is 11.2. The van der Waals surface area contributed by atoms with Gasteiger partial charge in [0.1, 0.15) is 23.4 Å². The van der Waals surface area contributed by atoms with E-state index in [9.17, 15) is 4.79 Å². The summed E-state index contributed by atoms with van der Waals surface area (Å²) in [5, 5.41) is 0. The second-order valence-electron chi connectivity index (χ2n) is 6.72. The molecule has 0 saturated carbocycles. The Kier molecular flexibility index (Phi) is 4.57. The van der Waals surface area contributed by atoms with E-state index in [1.165, 1.54) is 0 Å². The number of hydrogen-bond acceptors (Lipinski definition) is 3. The van der Waals surface area contributed by atoms with Crippen molar-refractivity contribution >= 4 is 19.9 Å². The van der Waals surface area contributed by atoms with E-state index in [-0.39, 0.29) is 17.8 Å². The largest absolute Gasteiger partial charge is 0.544 e. The van der Waals surface area contributed by atoms with Crippen LogP contribution >= 0.6 is 0 Å². The lowest BCUT2D eigenvalue weighted by molar-refractivity contribution is -0.123. The molecule has 1 aromatic rings. The molecule has 3 nitrogen and oxygen atoms in total. The molecule has 0 bridgehead atoms. The Morgan fingerprint density at radius 1 is 1.29 bits per heavy atom. The fourth-order valence-corrected chi connectivity index (χ4v) is 3.02. The lowest BCUT2D eigenvalue weighted by atomic mass is 10.00. The lowest BCUT2D eigenvalue weighted by Crippen LogP contribution is -2.29. The van der Waals surface area contributed by atoms with Gasteiger partial charge in [0, 0.05) is 12.3 Å². The van der Waals surface area contributed by atoms with Crippen molar-refractivity contribution in [1.82, 2.24) is 0 Å². The molecule has 4 heteroatoms. The van der Waals surface area contributed by atoms with Crippen molar-refractivity contribution in [2.24, 2.45) is 5.92 Å². The predicted octanol–water partition coefficient (Wildman–Crippen LogP) is 4.26. The van der Waals surface area contributed by atoms with E-state index in [4.69, 9.17) is 9.16 Å². The highest BCUT2D eigenvalue weighted by Crippen LogP contribution is 2.35. The second kappa shape index (κ2) is 6.06. The molecule has 0 amide bonds. The normalized spacial score (nSPS) is 17.8. The first kappa shape index (κ1) is 15.8. The molecule has 1 aromatic carbocycles. The summed E-state index contributed by atoms with van der Waals surface area (Å²) in [5.41, 5.74) is 0.980. The zero-order chi connectivity index (χ0) is 15.6. The van der Waals surface area contributed by atoms with Crippen LogP contribution in [0.2, 0.25) is 19.6 Å². The van der Waals surface area contributed by atoms with Gasteiger partial charge >= 0.3 is 0 Å². The number of Topliss-reactive ketones (excluding diaryl/α,β-unsaturated/α-hetero) is 1. The van der Waals surface area contributed by atoms with Crippen molar-refractivity contribution in [2.45, 2.75) is 46.0 Å². The van der Waals surface area contributed by atoms with Crippen LogP contribution < -0.4 is 4.74 Å². The standard InChI is InChI=1S/C17H24O3Si/c1-12(2)15(18)10-13-11-17(20-21(3,4)5)14-8-6-7-9-16(14)19-13/h6-9,11-13H,10H2,1-5H3. The minimum Gasteiger partial charge on any atom is -0.544 e. The summed E-state index contributed by atoms with van der Waals surface area (Å²) in [6, 6.07) is 7.85. The number of ether oxygens (including phenoxy) is 1. The summed E-state index contributed by atoms with van der Waals surface area (Å²) < 4.78 is 12.1. The van der Waals surface area contributed by atoms with Gasteiger partial charge < -0.3 is 9.16 Å². The topological polar surface area (TPSA) is 35.5 Å². The molecule has 1 aliphatic rings. The van der Waals surface area contributed by atoms with Gasteiger partial charge in [-0.1, -0.05) is 26.0 Å². The molecule has 2 rings (SSSR count). The third-order valence-electron chi connectivity index (χ3n) is 3.23. The van der Waals surface area contributed by atoms with Gasteiger partial charge in [0.15, 0.2) is 0 Å². The summed E-state index contributed by atoms with van der Waals surface area (Å²) in [7, 11) is -1.71. The van der Waals surface area contributed by atoms with Gasteiger partial charge in [0.05, 0.1) is 5.56 Å². The van der Waals surface area contributed by atoms with E-state index in [2.05, 4.69) is 19.6 Å². The van der Waals surface area contributed by atoms with Crippen LogP contribution in [0.5, 0.6) is 5.75 Å². The molecule has 0 aromatic heterocycles. The van der Waals surface area contributed by atoms with Crippen LogP contribution in [0.1, 0.15) is 25.8 Å². The maximum absolute atomic E-state index is 12.0. The van der Waals surface area contributed by atoms with E-state index in [0.717, 1.165) is 17.1 Å².